The van der Waals surface area contributed by atoms with Gasteiger partial charge in [-0.2, -0.15) is 0 Å². The van der Waals surface area contributed by atoms with Crippen LogP contribution in [0.2, 0.25) is 13.1 Å². The molecule has 0 aliphatic heterocycles. The number of fused-ring (bicyclic) bond motifs is 3. The van der Waals surface area contributed by atoms with Gasteiger partial charge in [0.25, 0.3) is 0 Å². The second-order valence-electron chi connectivity index (χ2n) is 9.71. The second kappa shape index (κ2) is 7.79. The molecule has 4 aromatic carbocycles. The highest BCUT2D eigenvalue weighted by Crippen LogP contribution is 2.49. The smallest absolute Gasteiger partial charge is 0.0791 e. The lowest BCUT2D eigenvalue weighted by Crippen LogP contribution is -2.21. The zero-order valence-corrected chi connectivity index (χ0v) is 20.6. The predicted molar refractivity (Wildman–Crippen MR) is 141 cm³/mol. The predicted octanol–water partition coefficient (Wildman–Crippen LogP) is 7.67. The zero-order valence-electron chi connectivity index (χ0n) is 19.6. The van der Waals surface area contributed by atoms with Crippen molar-refractivity contribution in [1.29, 1.82) is 0 Å². The summed E-state index contributed by atoms with van der Waals surface area (Å²) < 4.78 is 0. The maximum absolute atomic E-state index is 3.62. The number of hydrogen-bond acceptors (Lipinski definition) is 1. The summed E-state index contributed by atoms with van der Waals surface area (Å²) in [5.41, 5.74) is 11.7. The Kier molecular flexibility index (Phi) is 5.06. The maximum atomic E-state index is 3.62. The van der Waals surface area contributed by atoms with E-state index >= 15 is 0 Å². The monoisotopic (exact) mass is 432 g/mol. The van der Waals surface area contributed by atoms with Crippen LogP contribution in [0.25, 0.3) is 22.3 Å². The fourth-order valence-electron chi connectivity index (χ4n) is 4.84. The molecule has 0 aromatic heterocycles. The molecule has 0 unspecified atom stereocenters. The second-order valence-corrected chi connectivity index (χ2v) is 12.3. The van der Waals surface area contributed by atoms with E-state index in [1.54, 1.807) is 0 Å². The van der Waals surface area contributed by atoms with Crippen LogP contribution in [0.15, 0.2) is 84.9 Å². The summed E-state index contributed by atoms with van der Waals surface area (Å²) in [5.74, 6) is 0. The maximum Gasteiger partial charge on any atom is 0.0791 e. The molecular formula is C30H30NSi. The first-order valence-corrected chi connectivity index (χ1v) is 13.9. The average Bonchev–Trinajstić information content (AvgIpc) is 3.00. The van der Waals surface area contributed by atoms with Gasteiger partial charge in [-0.3, -0.25) is 0 Å². The van der Waals surface area contributed by atoms with E-state index < -0.39 is 8.80 Å². The molecule has 159 valence electrons. The van der Waals surface area contributed by atoms with Crippen molar-refractivity contribution in [2.45, 2.75) is 39.3 Å². The molecule has 5 rings (SSSR count). The van der Waals surface area contributed by atoms with Crippen LogP contribution in [0.1, 0.15) is 30.5 Å². The van der Waals surface area contributed by atoms with E-state index in [9.17, 15) is 0 Å². The van der Waals surface area contributed by atoms with Crippen molar-refractivity contribution in [3.63, 3.8) is 0 Å². The van der Waals surface area contributed by atoms with Gasteiger partial charge < -0.3 is 5.32 Å². The van der Waals surface area contributed by atoms with Gasteiger partial charge in [-0.15, -0.1) is 0 Å². The van der Waals surface area contributed by atoms with Gasteiger partial charge in [0.1, 0.15) is 0 Å². The third-order valence-electron chi connectivity index (χ3n) is 6.80. The molecule has 1 radical (unpaired) electrons. The Morgan fingerprint density at radius 3 is 1.78 bits per heavy atom. The Balaban J connectivity index is 1.39. The molecule has 0 atom stereocenters. The largest absolute Gasteiger partial charge is 0.356 e. The van der Waals surface area contributed by atoms with E-state index in [4.69, 9.17) is 0 Å². The summed E-state index contributed by atoms with van der Waals surface area (Å²) in [6.45, 7) is 11.5. The summed E-state index contributed by atoms with van der Waals surface area (Å²) in [5, 5.41) is 5.10. The van der Waals surface area contributed by atoms with Gasteiger partial charge >= 0.3 is 0 Å². The number of rotatable bonds is 4. The highest BCUT2D eigenvalue weighted by atomic mass is 28.3. The third kappa shape index (κ3) is 3.59. The SMILES string of the molecule is Cc1ccc2c(c1)C(C)(C)c1cc(Nc3ccc(-c4ccc([Si](C)C)cc4)cc3)ccc1-2. The minimum atomic E-state index is -0.393. The van der Waals surface area contributed by atoms with Crippen LogP contribution in [0.5, 0.6) is 0 Å². The molecule has 0 saturated carbocycles. The Morgan fingerprint density at radius 1 is 0.625 bits per heavy atom. The lowest BCUT2D eigenvalue weighted by molar-refractivity contribution is 0.660. The van der Waals surface area contributed by atoms with Gasteiger partial charge in [0, 0.05) is 16.8 Å². The summed E-state index contributed by atoms with van der Waals surface area (Å²) in [4.78, 5) is 0. The first kappa shape index (κ1) is 20.8. The fraction of sp³-hybridized carbons (Fsp3) is 0.200. The van der Waals surface area contributed by atoms with Crippen LogP contribution in [0.3, 0.4) is 0 Å². The van der Waals surface area contributed by atoms with Gasteiger partial charge in [0.15, 0.2) is 0 Å². The molecular weight excluding hydrogens is 402 g/mol. The number of nitrogens with one attached hydrogen (secondary N) is 1. The standard InChI is InChI=1S/C30H30NSi/c1-20-6-16-26-27-17-13-24(19-29(27)30(2,3)28(26)18-20)31-23-11-7-21(8-12-23)22-9-14-25(15-10-22)32(4)5/h6-19,31H,1-5H3. The van der Waals surface area contributed by atoms with E-state index in [0.29, 0.717) is 0 Å². The van der Waals surface area contributed by atoms with Crippen LogP contribution in [0, 0.1) is 6.92 Å². The molecule has 1 aliphatic carbocycles. The molecule has 2 heteroatoms. The van der Waals surface area contributed by atoms with Gasteiger partial charge in [-0.25, -0.2) is 0 Å². The molecule has 0 fully saturated rings. The van der Waals surface area contributed by atoms with Gasteiger partial charge in [-0.05, 0) is 64.6 Å². The minimum absolute atomic E-state index is 0.0163. The molecule has 0 heterocycles. The Bertz CT molecular complexity index is 1280. The van der Waals surface area contributed by atoms with Crippen molar-refractivity contribution in [3.05, 3.63) is 102 Å². The van der Waals surface area contributed by atoms with Crippen molar-refractivity contribution >= 4 is 25.4 Å². The van der Waals surface area contributed by atoms with E-state index in [-0.39, 0.29) is 5.41 Å². The molecule has 0 bridgehead atoms. The molecule has 1 nitrogen and oxygen atoms in total. The van der Waals surface area contributed by atoms with E-state index in [1.165, 1.54) is 44.1 Å². The Labute approximate surface area is 193 Å². The Hall–Kier alpha value is -3.10. The first-order chi connectivity index (χ1) is 15.3. The topological polar surface area (TPSA) is 12.0 Å². The molecule has 0 saturated heterocycles. The minimum Gasteiger partial charge on any atom is -0.356 e. The highest BCUT2D eigenvalue weighted by molar-refractivity contribution is 6.70. The lowest BCUT2D eigenvalue weighted by Gasteiger charge is -2.22. The average molecular weight is 433 g/mol. The molecule has 0 amide bonds. The molecule has 1 aliphatic rings. The van der Waals surface area contributed by atoms with Gasteiger partial charge in [0.2, 0.25) is 0 Å². The van der Waals surface area contributed by atoms with Crippen molar-refractivity contribution in [1.82, 2.24) is 0 Å². The molecule has 1 N–H and O–H groups in total. The quantitative estimate of drug-likeness (QED) is 0.326. The van der Waals surface area contributed by atoms with E-state index in [0.717, 1.165) is 11.4 Å². The number of hydrogen-bond donors (Lipinski definition) is 1. The van der Waals surface area contributed by atoms with Crippen LogP contribution < -0.4 is 10.5 Å². The number of anilines is 2. The number of aryl methyl sites for hydroxylation is 1. The van der Waals surface area contributed by atoms with Gasteiger partial charge in [-0.1, -0.05) is 98.4 Å². The summed E-state index contributed by atoms with van der Waals surface area (Å²) in [6.07, 6.45) is 0. The van der Waals surface area contributed by atoms with Crippen molar-refractivity contribution in [2.24, 2.45) is 0 Å². The van der Waals surface area contributed by atoms with Crippen molar-refractivity contribution in [3.8, 4) is 22.3 Å². The lowest BCUT2D eigenvalue weighted by atomic mass is 9.82. The summed E-state index contributed by atoms with van der Waals surface area (Å²) >= 11 is 0. The van der Waals surface area contributed by atoms with Crippen LogP contribution in [-0.4, -0.2) is 8.80 Å². The molecule has 0 spiro atoms. The van der Waals surface area contributed by atoms with Crippen LogP contribution in [0.4, 0.5) is 11.4 Å². The van der Waals surface area contributed by atoms with Crippen molar-refractivity contribution < 1.29 is 0 Å². The fourth-order valence-corrected chi connectivity index (χ4v) is 5.67. The Morgan fingerprint density at radius 2 is 1.16 bits per heavy atom. The van der Waals surface area contributed by atoms with Gasteiger partial charge in [0.05, 0.1) is 8.80 Å². The molecule has 32 heavy (non-hydrogen) atoms. The van der Waals surface area contributed by atoms with E-state index in [2.05, 4.69) is 124 Å². The highest BCUT2D eigenvalue weighted by Gasteiger charge is 2.35. The van der Waals surface area contributed by atoms with Crippen molar-refractivity contribution in [2.75, 3.05) is 5.32 Å². The normalized spacial score (nSPS) is 13.7. The van der Waals surface area contributed by atoms with Crippen LogP contribution in [-0.2, 0) is 5.41 Å². The number of benzene rings is 4. The summed E-state index contributed by atoms with van der Waals surface area (Å²) in [6, 6.07) is 31.4. The van der Waals surface area contributed by atoms with Crippen LogP contribution >= 0.6 is 0 Å². The third-order valence-corrected chi connectivity index (χ3v) is 8.29. The molecule has 4 aromatic rings. The zero-order chi connectivity index (χ0) is 22.5. The van der Waals surface area contributed by atoms with E-state index in [1.807, 2.05) is 0 Å². The first-order valence-electron chi connectivity index (χ1n) is 11.4. The summed E-state index contributed by atoms with van der Waals surface area (Å²) in [7, 11) is -0.393.